The molecule has 150 valence electrons. The van der Waals surface area contributed by atoms with E-state index in [1.807, 2.05) is 60.7 Å². The molecule has 1 aromatic heterocycles. The number of halogens is 1. The van der Waals surface area contributed by atoms with Gasteiger partial charge in [-0.1, -0.05) is 40.2 Å². The first-order valence-corrected chi connectivity index (χ1v) is 10.5. The Kier molecular flexibility index (Phi) is 6.06. The van der Waals surface area contributed by atoms with E-state index in [-0.39, 0.29) is 5.76 Å². The lowest BCUT2D eigenvalue weighted by Gasteiger charge is -2.08. The van der Waals surface area contributed by atoms with Gasteiger partial charge in [-0.05, 0) is 66.5 Å². The summed E-state index contributed by atoms with van der Waals surface area (Å²) < 4.78 is 14.7. The highest BCUT2D eigenvalue weighted by Gasteiger charge is 2.15. The number of imide groups is 1. The first-order chi connectivity index (χ1) is 14.6. The fourth-order valence-electron chi connectivity index (χ4n) is 2.65. The van der Waals surface area contributed by atoms with E-state index in [9.17, 15) is 9.59 Å². The molecule has 0 radical (unpaired) electrons. The van der Waals surface area contributed by atoms with Gasteiger partial charge in [0, 0.05) is 14.8 Å². The Morgan fingerprint density at radius 2 is 1.70 bits per heavy atom. The summed E-state index contributed by atoms with van der Waals surface area (Å²) in [6.07, 6.45) is 0. The zero-order chi connectivity index (χ0) is 20.9. The second kappa shape index (κ2) is 9.06. The minimum Gasteiger partial charge on any atom is -0.457 e. The Bertz CT molecular complexity index is 1210. The monoisotopic (exact) mass is 482 g/mol. The van der Waals surface area contributed by atoms with Gasteiger partial charge in [-0.2, -0.15) is 0 Å². The van der Waals surface area contributed by atoms with Crippen LogP contribution in [0.3, 0.4) is 0 Å². The molecule has 0 atom stereocenters. The Morgan fingerprint density at radius 1 is 0.900 bits per heavy atom. The number of urea groups is 1. The Balaban J connectivity index is 1.34. The maximum atomic E-state index is 12.3. The second-order valence-corrected chi connectivity index (χ2v) is 7.97. The molecule has 0 aliphatic carbocycles. The van der Waals surface area contributed by atoms with E-state index in [1.54, 1.807) is 18.2 Å². The number of carbonyl (C=O) groups is 2. The average Bonchev–Trinajstić information content (AvgIpc) is 3.17. The van der Waals surface area contributed by atoms with Gasteiger partial charge in [0.1, 0.15) is 17.1 Å². The van der Waals surface area contributed by atoms with Crippen LogP contribution in [-0.4, -0.2) is 11.9 Å². The van der Waals surface area contributed by atoms with Crippen molar-refractivity contribution in [2.75, 3.05) is 0 Å². The third kappa shape index (κ3) is 5.03. The summed E-state index contributed by atoms with van der Waals surface area (Å²) in [5, 5.41) is 3.01. The maximum Gasteiger partial charge on any atom is 0.332 e. The van der Waals surface area contributed by atoms with Crippen LogP contribution < -0.4 is 14.8 Å². The molecule has 0 bridgehead atoms. The molecule has 0 fully saturated rings. The minimum atomic E-state index is -0.652. The fraction of sp³-hybridized carbons (Fsp3) is 0. The lowest BCUT2D eigenvalue weighted by atomic mass is 10.2. The molecule has 3 aromatic carbocycles. The first-order valence-electron chi connectivity index (χ1n) is 8.87. The van der Waals surface area contributed by atoms with Crippen molar-refractivity contribution in [2.45, 2.75) is 4.90 Å². The smallest absolute Gasteiger partial charge is 0.332 e. The largest absolute Gasteiger partial charge is 0.457 e. The van der Waals surface area contributed by atoms with Crippen LogP contribution >= 0.6 is 27.9 Å². The predicted octanol–water partition coefficient (Wildman–Crippen LogP) is 6.13. The van der Waals surface area contributed by atoms with E-state index >= 15 is 0 Å². The van der Waals surface area contributed by atoms with Crippen LogP contribution in [0.5, 0.6) is 11.5 Å². The number of hydrogen-bond acceptors (Lipinski definition) is 5. The molecule has 0 saturated carbocycles. The number of nitrogens with one attached hydrogen (secondary N) is 2. The molecule has 3 amide bonds. The molecular formula is C22H15BrN2O4S. The highest BCUT2D eigenvalue weighted by molar-refractivity contribution is 9.10. The number of para-hydroxylation sites is 1. The molecule has 6 nitrogen and oxygen atoms in total. The van der Waals surface area contributed by atoms with Gasteiger partial charge in [0.25, 0.3) is 5.91 Å². The maximum absolute atomic E-state index is 12.3. The van der Waals surface area contributed by atoms with Crippen molar-refractivity contribution in [2.24, 2.45) is 0 Å². The summed E-state index contributed by atoms with van der Waals surface area (Å²) in [5.41, 5.74) is 0.563. The van der Waals surface area contributed by atoms with Crippen molar-refractivity contribution in [1.29, 1.82) is 0 Å². The standard InChI is InChI=1S/C22H15BrN2O4S/c23-15-9-10-19-14(11-15)12-20(29-19)21(26)24-22(27)25-30-18-8-4-7-17(13-18)28-16-5-2-1-3-6-16/h1-13H,(H2,24,25,26,27). The number of benzene rings is 3. The summed E-state index contributed by atoms with van der Waals surface area (Å²) in [5.74, 6) is 0.787. The van der Waals surface area contributed by atoms with Crippen molar-refractivity contribution in [3.63, 3.8) is 0 Å². The van der Waals surface area contributed by atoms with Crippen LogP contribution in [0.15, 0.2) is 92.6 Å². The lowest BCUT2D eigenvalue weighted by molar-refractivity contribution is 0.0940. The first kappa shape index (κ1) is 20.1. The second-order valence-electron chi connectivity index (χ2n) is 6.17. The van der Waals surface area contributed by atoms with E-state index in [4.69, 9.17) is 9.15 Å². The summed E-state index contributed by atoms with van der Waals surface area (Å²) in [6, 6.07) is 23.0. The van der Waals surface area contributed by atoms with E-state index in [2.05, 4.69) is 26.0 Å². The number of carbonyl (C=O) groups excluding carboxylic acids is 2. The zero-order valence-electron chi connectivity index (χ0n) is 15.4. The number of furan rings is 1. The van der Waals surface area contributed by atoms with Gasteiger partial charge in [0.2, 0.25) is 0 Å². The van der Waals surface area contributed by atoms with E-state index in [0.717, 1.165) is 26.7 Å². The number of amides is 3. The van der Waals surface area contributed by atoms with Crippen LogP contribution in [0.4, 0.5) is 4.79 Å². The predicted molar refractivity (Wildman–Crippen MR) is 119 cm³/mol. The van der Waals surface area contributed by atoms with Crippen molar-refractivity contribution < 1.29 is 18.7 Å². The molecule has 0 unspecified atom stereocenters. The van der Waals surface area contributed by atoms with Crippen LogP contribution in [0.25, 0.3) is 11.0 Å². The number of ether oxygens (including phenoxy) is 1. The van der Waals surface area contributed by atoms with Crippen molar-refractivity contribution in [3.8, 4) is 11.5 Å². The SMILES string of the molecule is O=C(NSc1cccc(Oc2ccccc2)c1)NC(=O)c1cc2cc(Br)ccc2o1. The minimum absolute atomic E-state index is 0.0570. The molecule has 4 aromatic rings. The average molecular weight is 483 g/mol. The van der Waals surface area contributed by atoms with Crippen LogP contribution in [0, 0.1) is 0 Å². The summed E-state index contributed by atoms with van der Waals surface area (Å²) in [7, 11) is 0. The highest BCUT2D eigenvalue weighted by atomic mass is 79.9. The number of rotatable bonds is 5. The van der Waals surface area contributed by atoms with Crippen molar-refractivity contribution in [3.05, 3.63) is 89.1 Å². The van der Waals surface area contributed by atoms with Gasteiger partial charge in [-0.15, -0.1) is 0 Å². The van der Waals surface area contributed by atoms with Crippen molar-refractivity contribution in [1.82, 2.24) is 10.0 Å². The fourth-order valence-corrected chi connectivity index (χ4v) is 3.61. The molecule has 4 rings (SSSR count). The third-order valence-corrected chi connectivity index (χ3v) is 5.25. The number of hydrogen-bond donors (Lipinski definition) is 2. The van der Waals surface area contributed by atoms with Crippen LogP contribution in [0.2, 0.25) is 0 Å². The Hall–Kier alpha value is -3.23. The molecule has 0 spiro atoms. The van der Waals surface area contributed by atoms with Gasteiger partial charge >= 0.3 is 6.03 Å². The van der Waals surface area contributed by atoms with Crippen molar-refractivity contribution >= 4 is 50.8 Å². The van der Waals surface area contributed by atoms with Gasteiger partial charge in [-0.3, -0.25) is 14.8 Å². The molecule has 2 N–H and O–H groups in total. The number of fused-ring (bicyclic) bond motifs is 1. The molecule has 8 heteroatoms. The lowest BCUT2D eigenvalue weighted by Crippen LogP contribution is -2.36. The normalized spacial score (nSPS) is 10.6. The van der Waals surface area contributed by atoms with Crippen LogP contribution in [0.1, 0.15) is 10.6 Å². The summed E-state index contributed by atoms with van der Waals surface area (Å²) in [6.45, 7) is 0. The quantitative estimate of drug-likeness (QED) is 0.334. The molecule has 0 aliphatic rings. The van der Waals surface area contributed by atoms with E-state index in [0.29, 0.717) is 17.1 Å². The Labute approximate surface area is 184 Å². The molecule has 0 aliphatic heterocycles. The van der Waals surface area contributed by atoms with Gasteiger partial charge < -0.3 is 9.15 Å². The van der Waals surface area contributed by atoms with Gasteiger partial charge in [-0.25, -0.2) is 4.79 Å². The summed E-state index contributed by atoms with van der Waals surface area (Å²) in [4.78, 5) is 25.1. The van der Waals surface area contributed by atoms with Crippen LogP contribution in [-0.2, 0) is 0 Å². The van der Waals surface area contributed by atoms with E-state index < -0.39 is 11.9 Å². The van der Waals surface area contributed by atoms with Gasteiger partial charge in [0.15, 0.2) is 5.76 Å². The molecular weight excluding hydrogens is 468 g/mol. The van der Waals surface area contributed by atoms with Gasteiger partial charge in [0.05, 0.1) is 0 Å². The topological polar surface area (TPSA) is 80.6 Å². The highest BCUT2D eigenvalue weighted by Crippen LogP contribution is 2.26. The van der Waals surface area contributed by atoms with E-state index in [1.165, 1.54) is 0 Å². The molecule has 0 saturated heterocycles. The molecule has 1 heterocycles. The summed E-state index contributed by atoms with van der Waals surface area (Å²) >= 11 is 4.43. The zero-order valence-corrected chi connectivity index (χ0v) is 17.8. The third-order valence-electron chi connectivity index (χ3n) is 3.98. The molecule has 30 heavy (non-hydrogen) atoms. The Morgan fingerprint density at radius 3 is 2.53 bits per heavy atom.